The van der Waals surface area contributed by atoms with Crippen LogP contribution in [0.3, 0.4) is 0 Å². The molecule has 0 spiro atoms. The molecule has 3 fully saturated rings. The van der Waals surface area contributed by atoms with Gasteiger partial charge in [-0.3, -0.25) is 0 Å². The molecule has 3 atom stereocenters. The van der Waals surface area contributed by atoms with Gasteiger partial charge >= 0.3 is 0 Å². The lowest BCUT2D eigenvalue weighted by atomic mass is 9.55. The van der Waals surface area contributed by atoms with E-state index in [1.165, 1.54) is 44.9 Å². The van der Waals surface area contributed by atoms with Gasteiger partial charge in [0, 0.05) is 24.0 Å². The van der Waals surface area contributed by atoms with Crippen LogP contribution in [-0.2, 0) is 4.74 Å². The number of guanidine groups is 1. The fraction of sp³-hybridized carbons (Fsp3) is 0.938. The monoisotopic (exact) mass is 407 g/mol. The van der Waals surface area contributed by atoms with Crippen molar-refractivity contribution in [2.24, 2.45) is 22.1 Å². The van der Waals surface area contributed by atoms with E-state index in [0.717, 1.165) is 6.61 Å². The van der Waals surface area contributed by atoms with Gasteiger partial charge in [-0.05, 0) is 25.7 Å². The van der Waals surface area contributed by atoms with Crippen LogP contribution in [0.4, 0.5) is 0 Å². The van der Waals surface area contributed by atoms with Crippen LogP contribution in [0.5, 0.6) is 0 Å². The van der Waals surface area contributed by atoms with Crippen LogP contribution in [0.2, 0.25) is 0 Å². The lowest BCUT2D eigenvalue weighted by Gasteiger charge is -2.58. The Balaban J connectivity index is 0.00000161. The molecule has 21 heavy (non-hydrogen) atoms. The van der Waals surface area contributed by atoms with Gasteiger partial charge in [0.25, 0.3) is 0 Å². The van der Waals surface area contributed by atoms with E-state index in [0.29, 0.717) is 30.1 Å². The van der Waals surface area contributed by atoms with Gasteiger partial charge in [0.2, 0.25) is 0 Å². The maximum absolute atomic E-state index is 6.16. The zero-order valence-electron chi connectivity index (χ0n) is 13.3. The van der Waals surface area contributed by atoms with Crippen LogP contribution in [0.1, 0.15) is 58.8 Å². The summed E-state index contributed by atoms with van der Waals surface area (Å²) in [6.45, 7) is 5.44. The minimum atomic E-state index is 0. The van der Waals surface area contributed by atoms with Crippen molar-refractivity contribution in [2.45, 2.75) is 77.0 Å². The topological polar surface area (TPSA) is 59.6 Å². The van der Waals surface area contributed by atoms with Crippen LogP contribution in [-0.4, -0.2) is 30.8 Å². The van der Waals surface area contributed by atoms with E-state index in [1.54, 1.807) is 0 Å². The molecule has 4 nitrogen and oxygen atoms in total. The normalized spacial score (nSPS) is 36.1. The molecule has 2 aliphatic carbocycles. The second-order valence-corrected chi connectivity index (χ2v) is 7.36. The molecule has 3 N–H and O–H groups in total. The van der Waals surface area contributed by atoms with Crippen LogP contribution >= 0.6 is 24.0 Å². The van der Waals surface area contributed by atoms with E-state index in [9.17, 15) is 0 Å². The van der Waals surface area contributed by atoms with Crippen LogP contribution in [0.25, 0.3) is 0 Å². The van der Waals surface area contributed by atoms with Crippen LogP contribution in [0.15, 0.2) is 4.99 Å². The first kappa shape index (κ1) is 17.3. The summed E-state index contributed by atoms with van der Waals surface area (Å²) in [5.74, 6) is 1.23. The number of aliphatic imine (C=N–C) groups is 1. The first-order valence-electron chi connectivity index (χ1n) is 8.30. The standard InChI is InChI=1S/C16H29N3O.HI/c1-16(2)13(12-9-6-10-20-14(12)16)19-15(17)18-11-7-4-3-5-8-11;/h11-14H,3-10H2,1-2H3,(H3,17,18,19);1H. The van der Waals surface area contributed by atoms with Gasteiger partial charge in [-0.15, -0.1) is 24.0 Å². The Bertz CT molecular complexity index is 380. The second-order valence-electron chi connectivity index (χ2n) is 7.36. The molecule has 0 aromatic carbocycles. The van der Waals surface area contributed by atoms with Crippen molar-refractivity contribution >= 4 is 29.9 Å². The third-order valence-corrected chi connectivity index (χ3v) is 5.50. The van der Waals surface area contributed by atoms with Gasteiger partial charge in [0.1, 0.15) is 0 Å². The summed E-state index contributed by atoms with van der Waals surface area (Å²) < 4.78 is 5.92. The van der Waals surface area contributed by atoms with Crippen LogP contribution < -0.4 is 11.1 Å². The van der Waals surface area contributed by atoms with E-state index < -0.39 is 0 Å². The van der Waals surface area contributed by atoms with Gasteiger partial charge in [-0.25, -0.2) is 4.99 Å². The summed E-state index contributed by atoms with van der Waals surface area (Å²) in [5, 5.41) is 3.44. The van der Waals surface area contributed by atoms with E-state index >= 15 is 0 Å². The number of nitrogens with two attached hydrogens (primary N) is 1. The molecule has 3 rings (SSSR count). The molecule has 0 aromatic rings. The Morgan fingerprint density at radius 2 is 1.86 bits per heavy atom. The predicted molar refractivity (Wildman–Crippen MR) is 97.1 cm³/mol. The van der Waals surface area contributed by atoms with Gasteiger partial charge in [-0.2, -0.15) is 0 Å². The molecule has 0 aromatic heterocycles. The molecule has 0 bridgehead atoms. The number of nitrogens with one attached hydrogen (secondary N) is 1. The van der Waals surface area contributed by atoms with Gasteiger partial charge in [0.15, 0.2) is 5.96 Å². The Morgan fingerprint density at radius 3 is 2.57 bits per heavy atom. The maximum atomic E-state index is 6.16. The van der Waals surface area contributed by atoms with Crippen molar-refractivity contribution in [1.29, 1.82) is 0 Å². The number of halogens is 1. The third kappa shape index (κ3) is 3.49. The summed E-state index contributed by atoms with van der Waals surface area (Å²) in [7, 11) is 0. The minimum absolute atomic E-state index is 0. The smallest absolute Gasteiger partial charge is 0.189 e. The minimum Gasteiger partial charge on any atom is -0.377 e. The Morgan fingerprint density at radius 1 is 1.14 bits per heavy atom. The second kappa shape index (κ2) is 7.02. The van der Waals surface area contributed by atoms with Crippen LogP contribution in [0, 0.1) is 11.3 Å². The van der Waals surface area contributed by atoms with E-state index in [-0.39, 0.29) is 29.4 Å². The molecule has 2 saturated carbocycles. The average Bonchev–Trinajstić information content (AvgIpc) is 2.46. The van der Waals surface area contributed by atoms with Gasteiger partial charge in [-0.1, -0.05) is 33.1 Å². The van der Waals surface area contributed by atoms with Crippen molar-refractivity contribution < 1.29 is 4.74 Å². The summed E-state index contributed by atoms with van der Waals surface area (Å²) in [4.78, 5) is 4.82. The Kier molecular flexibility index (Phi) is 5.79. The molecule has 3 aliphatic rings. The highest BCUT2D eigenvalue weighted by molar-refractivity contribution is 14.0. The SMILES string of the molecule is CC1(C)C(N=C(N)NC2CCCCC2)C2CCCOC21.I. The number of hydrogen-bond acceptors (Lipinski definition) is 2. The van der Waals surface area contributed by atoms with Crippen molar-refractivity contribution in [2.75, 3.05) is 6.61 Å². The number of hydrogen-bond donors (Lipinski definition) is 2. The van der Waals surface area contributed by atoms with E-state index in [2.05, 4.69) is 19.2 Å². The molecule has 1 aliphatic heterocycles. The zero-order chi connectivity index (χ0) is 14.2. The van der Waals surface area contributed by atoms with Crippen molar-refractivity contribution in [1.82, 2.24) is 5.32 Å². The lowest BCUT2D eigenvalue weighted by Crippen LogP contribution is -2.64. The zero-order valence-corrected chi connectivity index (χ0v) is 15.6. The van der Waals surface area contributed by atoms with Crippen molar-refractivity contribution in [3.8, 4) is 0 Å². The van der Waals surface area contributed by atoms with E-state index in [1.807, 2.05) is 0 Å². The fourth-order valence-corrected chi connectivity index (χ4v) is 4.40. The van der Waals surface area contributed by atoms with E-state index in [4.69, 9.17) is 15.5 Å². The van der Waals surface area contributed by atoms with Gasteiger partial charge in [0.05, 0.1) is 12.1 Å². The van der Waals surface area contributed by atoms with Crippen molar-refractivity contribution in [3.05, 3.63) is 0 Å². The highest BCUT2D eigenvalue weighted by Crippen LogP contribution is 2.52. The first-order chi connectivity index (χ1) is 9.59. The largest absolute Gasteiger partial charge is 0.377 e. The number of fused-ring (bicyclic) bond motifs is 1. The maximum Gasteiger partial charge on any atom is 0.189 e. The lowest BCUT2D eigenvalue weighted by molar-refractivity contribution is -0.182. The number of nitrogens with zero attached hydrogens (tertiary/aromatic N) is 1. The average molecular weight is 407 g/mol. The van der Waals surface area contributed by atoms with Crippen molar-refractivity contribution in [3.63, 3.8) is 0 Å². The molecule has 0 radical (unpaired) electrons. The summed E-state index contributed by atoms with van der Waals surface area (Å²) in [5.41, 5.74) is 6.28. The van der Waals surface area contributed by atoms with Gasteiger partial charge < -0.3 is 15.8 Å². The molecule has 3 unspecified atom stereocenters. The molecule has 5 heteroatoms. The highest BCUT2D eigenvalue weighted by Gasteiger charge is 2.58. The highest BCUT2D eigenvalue weighted by atomic mass is 127. The molecule has 1 saturated heterocycles. The summed E-state index contributed by atoms with van der Waals surface area (Å²) in [6, 6.07) is 0.859. The molecule has 122 valence electrons. The molecule has 0 amide bonds. The summed E-state index contributed by atoms with van der Waals surface area (Å²) >= 11 is 0. The molecular weight excluding hydrogens is 377 g/mol. The Hall–Kier alpha value is -0.0400. The first-order valence-corrected chi connectivity index (χ1v) is 8.30. The fourth-order valence-electron chi connectivity index (χ4n) is 4.40. The quantitative estimate of drug-likeness (QED) is 0.420. The Labute approximate surface area is 145 Å². The molecular formula is C16H30IN3O. The number of rotatable bonds is 2. The predicted octanol–water partition coefficient (Wildman–Crippen LogP) is 3.05. The third-order valence-electron chi connectivity index (χ3n) is 5.50. The molecule has 1 heterocycles. The summed E-state index contributed by atoms with van der Waals surface area (Å²) in [6.07, 6.45) is 9.26. The number of ether oxygens (including phenoxy) is 1.